The third kappa shape index (κ3) is 484. The molecule has 0 saturated carbocycles. The number of hydrogen-bond donors (Lipinski definition) is 1. The number of esters is 2. The van der Waals surface area contributed by atoms with E-state index in [2.05, 4.69) is 4.74 Å². The molecule has 6 nitrogen and oxygen atoms in total. The van der Waals surface area contributed by atoms with Crippen LogP contribution in [-0.4, -0.2) is 28.8 Å². The number of aliphatic carboxylic acids is 1. The monoisotopic (exact) mass is 268 g/mol. The molecule has 1 N–H and O–H groups in total. The van der Waals surface area contributed by atoms with Gasteiger partial charge in [0.25, 0.3) is 5.97 Å². The Kier molecular flexibility index (Phi) is 48.9. The second kappa shape index (κ2) is 24.5. The number of carboxylic acids is 1. The summed E-state index contributed by atoms with van der Waals surface area (Å²) in [5.41, 5.74) is 0. The predicted molar refractivity (Wildman–Crippen MR) is 72.3 cm³/mol. The van der Waals surface area contributed by atoms with Gasteiger partial charge < -0.3 is 14.6 Å². The van der Waals surface area contributed by atoms with Crippen LogP contribution < -0.4 is 0 Å². The SMILES string of the molecule is C.C.C.CC(=O)O.CC(=O)OC(C)=O.CC(C)=O. The lowest BCUT2D eigenvalue weighted by Gasteiger charge is -1.87. The quantitative estimate of drug-likeness (QED) is 0.535. The summed E-state index contributed by atoms with van der Waals surface area (Å²) in [6.07, 6.45) is 0. The van der Waals surface area contributed by atoms with Crippen LogP contribution in [0, 0.1) is 0 Å². The van der Waals surface area contributed by atoms with E-state index in [0.717, 1.165) is 6.92 Å². The predicted octanol–water partition coefficient (Wildman–Crippen LogP) is 2.69. The summed E-state index contributed by atoms with van der Waals surface area (Å²) < 4.78 is 3.97. The van der Waals surface area contributed by atoms with Crippen LogP contribution in [0.4, 0.5) is 0 Å². The van der Waals surface area contributed by atoms with Crippen molar-refractivity contribution in [1.29, 1.82) is 0 Å². The van der Waals surface area contributed by atoms with Gasteiger partial charge in [-0.15, -0.1) is 0 Å². The van der Waals surface area contributed by atoms with Crippen LogP contribution in [0.25, 0.3) is 0 Å². The van der Waals surface area contributed by atoms with Gasteiger partial charge in [-0.1, -0.05) is 22.3 Å². The summed E-state index contributed by atoms with van der Waals surface area (Å²) in [6, 6.07) is 0. The Morgan fingerprint density at radius 1 is 0.722 bits per heavy atom. The highest BCUT2D eigenvalue weighted by Gasteiger charge is 1.93. The summed E-state index contributed by atoms with van der Waals surface area (Å²) >= 11 is 0. The Bertz CT molecular complexity index is 201. The van der Waals surface area contributed by atoms with Gasteiger partial charge in [-0.3, -0.25) is 14.4 Å². The summed E-state index contributed by atoms with van der Waals surface area (Å²) in [6.45, 7) is 6.50. The van der Waals surface area contributed by atoms with Crippen LogP contribution in [-0.2, 0) is 23.9 Å². The average Bonchev–Trinajstić information content (AvgIpc) is 1.78. The van der Waals surface area contributed by atoms with Crippen LogP contribution >= 0.6 is 0 Å². The first-order valence-corrected chi connectivity index (χ1v) is 3.95. The lowest BCUT2D eigenvalue weighted by molar-refractivity contribution is -0.156. The molecule has 0 fully saturated rings. The largest absolute Gasteiger partial charge is 0.481 e. The van der Waals surface area contributed by atoms with Crippen LogP contribution in [0.3, 0.4) is 0 Å². The van der Waals surface area contributed by atoms with Crippen molar-refractivity contribution >= 4 is 23.7 Å². The standard InChI is InChI=1S/C4H6O3.C3H6O.C2H4O2.3CH4/c1-3(5)7-4(2)6;1-3(2)4;1-2(3)4;;;/h1-2H3;1-2H3;1H3,(H,3,4);3*1H4. The van der Waals surface area contributed by atoms with Crippen molar-refractivity contribution in [2.45, 2.75) is 56.9 Å². The van der Waals surface area contributed by atoms with E-state index in [9.17, 15) is 14.4 Å². The molecule has 0 spiro atoms. The molecule has 0 aromatic carbocycles. The Morgan fingerprint density at radius 2 is 0.833 bits per heavy atom. The maximum atomic E-state index is 9.81. The average molecular weight is 268 g/mol. The molecule has 0 aromatic heterocycles. The summed E-state index contributed by atoms with van der Waals surface area (Å²) in [7, 11) is 0. The van der Waals surface area contributed by atoms with Gasteiger partial charge in [-0.2, -0.15) is 0 Å². The molecule has 18 heavy (non-hydrogen) atoms. The van der Waals surface area contributed by atoms with Gasteiger partial charge in [-0.25, -0.2) is 0 Å². The molecular formula is C12H28O6. The molecular weight excluding hydrogens is 240 g/mol. The molecule has 0 saturated heterocycles. The van der Waals surface area contributed by atoms with Gasteiger partial charge in [0.05, 0.1) is 0 Å². The second-order valence-electron chi connectivity index (χ2n) is 2.51. The Labute approximate surface area is 110 Å². The van der Waals surface area contributed by atoms with E-state index >= 15 is 0 Å². The minimum Gasteiger partial charge on any atom is -0.481 e. The number of carboxylic acid groups (broad SMARTS) is 1. The number of ketones is 1. The fraction of sp³-hybridized carbons (Fsp3) is 0.667. The number of Topliss-reactive ketones (excluding diaryl/α,β-unsaturated/α-hetero) is 1. The van der Waals surface area contributed by atoms with Gasteiger partial charge in [0, 0.05) is 20.8 Å². The highest BCUT2D eigenvalue weighted by molar-refractivity contribution is 5.82. The van der Waals surface area contributed by atoms with Crippen molar-refractivity contribution in [1.82, 2.24) is 0 Å². The van der Waals surface area contributed by atoms with Crippen LogP contribution in [0.1, 0.15) is 56.9 Å². The van der Waals surface area contributed by atoms with E-state index in [1.165, 1.54) is 27.7 Å². The van der Waals surface area contributed by atoms with Crippen LogP contribution in [0.2, 0.25) is 0 Å². The highest BCUT2D eigenvalue weighted by atomic mass is 16.6. The van der Waals surface area contributed by atoms with Crippen molar-refractivity contribution < 1.29 is 29.0 Å². The molecule has 0 bridgehead atoms. The van der Waals surface area contributed by atoms with Crippen LogP contribution in [0.5, 0.6) is 0 Å². The second-order valence-corrected chi connectivity index (χ2v) is 2.51. The van der Waals surface area contributed by atoms with Crippen molar-refractivity contribution in [3.05, 3.63) is 0 Å². The van der Waals surface area contributed by atoms with E-state index in [1.54, 1.807) is 0 Å². The first kappa shape index (κ1) is 36.0. The first-order valence-electron chi connectivity index (χ1n) is 3.95. The molecule has 0 aliphatic carbocycles. The minimum absolute atomic E-state index is 0. The van der Waals surface area contributed by atoms with E-state index in [0.29, 0.717) is 0 Å². The summed E-state index contributed by atoms with van der Waals surface area (Å²) in [5, 5.41) is 7.42. The molecule has 0 aliphatic rings. The zero-order valence-electron chi connectivity index (χ0n) is 9.49. The Balaban J connectivity index is -0.0000000292. The zero-order valence-corrected chi connectivity index (χ0v) is 9.49. The van der Waals surface area contributed by atoms with E-state index in [1.807, 2.05) is 0 Å². The molecule has 0 unspecified atom stereocenters. The first-order chi connectivity index (χ1) is 6.59. The van der Waals surface area contributed by atoms with E-state index in [4.69, 9.17) is 9.90 Å². The fourth-order valence-electron chi connectivity index (χ4n) is 0.202. The third-order valence-electron chi connectivity index (χ3n) is 0.287. The fourth-order valence-corrected chi connectivity index (χ4v) is 0.202. The zero-order chi connectivity index (χ0) is 13.0. The van der Waals surface area contributed by atoms with Crippen molar-refractivity contribution in [2.75, 3.05) is 0 Å². The number of rotatable bonds is 0. The van der Waals surface area contributed by atoms with Crippen molar-refractivity contribution in [3.63, 3.8) is 0 Å². The Morgan fingerprint density at radius 3 is 0.833 bits per heavy atom. The van der Waals surface area contributed by atoms with Gasteiger partial charge in [0.15, 0.2) is 0 Å². The Hall–Kier alpha value is -1.72. The summed E-state index contributed by atoms with van der Waals surface area (Å²) in [5.74, 6) is -1.79. The van der Waals surface area contributed by atoms with Crippen molar-refractivity contribution in [3.8, 4) is 0 Å². The molecule has 112 valence electrons. The maximum absolute atomic E-state index is 9.81. The molecule has 6 heteroatoms. The lowest BCUT2D eigenvalue weighted by Crippen LogP contribution is -2.03. The molecule has 0 heterocycles. The lowest BCUT2D eigenvalue weighted by atomic mass is 10.6. The van der Waals surface area contributed by atoms with Gasteiger partial charge in [0.2, 0.25) is 0 Å². The smallest absolute Gasteiger partial charge is 0.310 e. The highest BCUT2D eigenvalue weighted by Crippen LogP contribution is 1.73. The molecule has 0 aliphatic heterocycles. The number of hydrogen-bond acceptors (Lipinski definition) is 5. The van der Waals surface area contributed by atoms with Crippen molar-refractivity contribution in [2.24, 2.45) is 0 Å². The van der Waals surface area contributed by atoms with Gasteiger partial charge in [0.1, 0.15) is 5.78 Å². The normalized spacial score (nSPS) is 5.83. The maximum Gasteiger partial charge on any atom is 0.310 e. The van der Waals surface area contributed by atoms with Gasteiger partial charge in [-0.05, 0) is 13.8 Å². The minimum atomic E-state index is -0.833. The number of carbonyl (C=O) groups excluding carboxylic acids is 3. The summed E-state index contributed by atoms with van der Waals surface area (Å²) in [4.78, 5) is 38.1. The topological polar surface area (TPSA) is 97.7 Å². The molecule has 0 atom stereocenters. The van der Waals surface area contributed by atoms with E-state index < -0.39 is 17.9 Å². The third-order valence-corrected chi connectivity index (χ3v) is 0.287. The molecule has 0 rings (SSSR count). The molecule has 0 amide bonds. The van der Waals surface area contributed by atoms with Crippen LogP contribution in [0.15, 0.2) is 0 Å². The number of carbonyl (C=O) groups is 4. The van der Waals surface area contributed by atoms with E-state index in [-0.39, 0.29) is 28.1 Å². The number of ether oxygens (including phenoxy) is 1. The van der Waals surface area contributed by atoms with Gasteiger partial charge >= 0.3 is 11.9 Å². The molecule has 0 aromatic rings. The molecule has 0 radical (unpaired) electrons.